The fourth-order valence-electron chi connectivity index (χ4n) is 4.62. The number of aryl methyl sites for hydroxylation is 1. The van der Waals surface area contributed by atoms with Crippen molar-refractivity contribution < 1.29 is 8.42 Å². The predicted octanol–water partition coefficient (Wildman–Crippen LogP) is 6.80. The van der Waals surface area contributed by atoms with Crippen molar-refractivity contribution in [2.45, 2.75) is 50.0 Å². The Kier molecular flexibility index (Phi) is 6.62. The van der Waals surface area contributed by atoms with Gasteiger partial charge in [0.1, 0.15) is 4.90 Å². The van der Waals surface area contributed by atoms with Crippen LogP contribution in [0.1, 0.15) is 37.7 Å². The Balaban J connectivity index is 1.36. The van der Waals surface area contributed by atoms with Crippen molar-refractivity contribution in [2.75, 3.05) is 10.0 Å². The molecule has 0 bridgehead atoms. The molecule has 0 radical (unpaired) electrons. The van der Waals surface area contributed by atoms with E-state index in [0.717, 1.165) is 27.6 Å². The molecule has 2 N–H and O–H groups in total. The molecule has 0 amide bonds. The lowest BCUT2D eigenvalue weighted by atomic mass is 9.96. The Morgan fingerprint density at radius 3 is 2.54 bits per heavy atom. The van der Waals surface area contributed by atoms with Crippen LogP contribution < -0.4 is 10.0 Å². The van der Waals surface area contributed by atoms with Gasteiger partial charge in [-0.2, -0.15) is 0 Å². The summed E-state index contributed by atoms with van der Waals surface area (Å²) < 4.78 is 28.2. The van der Waals surface area contributed by atoms with Crippen LogP contribution in [0.25, 0.3) is 22.0 Å². The van der Waals surface area contributed by atoms with Crippen molar-refractivity contribution in [3.8, 4) is 11.1 Å². The predicted molar refractivity (Wildman–Crippen MR) is 142 cm³/mol. The molecule has 1 aliphatic rings. The lowest BCUT2D eigenvalue weighted by molar-refractivity contribution is 0.461. The third-order valence-electron chi connectivity index (χ3n) is 6.43. The van der Waals surface area contributed by atoms with Crippen LogP contribution in [-0.2, 0) is 10.0 Å². The van der Waals surface area contributed by atoms with E-state index in [0.29, 0.717) is 17.7 Å². The Bertz CT molecular complexity index is 1480. The molecule has 8 heteroatoms. The molecule has 0 unspecified atom stereocenters. The maximum Gasteiger partial charge on any atom is 0.263 e. The van der Waals surface area contributed by atoms with E-state index in [4.69, 9.17) is 16.6 Å². The zero-order chi connectivity index (χ0) is 24.4. The maximum atomic E-state index is 12.8. The smallest absolute Gasteiger partial charge is 0.263 e. The number of hydrogen-bond donors (Lipinski definition) is 2. The summed E-state index contributed by atoms with van der Waals surface area (Å²) in [5, 5.41) is 4.62. The largest absolute Gasteiger partial charge is 0.351 e. The number of anilines is 2. The molecule has 1 aromatic heterocycles. The first-order chi connectivity index (χ1) is 16.9. The van der Waals surface area contributed by atoms with Gasteiger partial charge in [0.15, 0.2) is 0 Å². The van der Waals surface area contributed by atoms with Gasteiger partial charge in [-0.15, -0.1) is 0 Å². The zero-order valence-electron chi connectivity index (χ0n) is 19.5. The van der Waals surface area contributed by atoms with Crippen molar-refractivity contribution in [3.63, 3.8) is 0 Å². The van der Waals surface area contributed by atoms with Gasteiger partial charge in [0, 0.05) is 23.3 Å². The first-order valence-corrected chi connectivity index (χ1v) is 13.7. The van der Waals surface area contributed by atoms with E-state index in [2.05, 4.69) is 21.1 Å². The van der Waals surface area contributed by atoms with Gasteiger partial charge in [0.25, 0.3) is 10.0 Å². The second kappa shape index (κ2) is 9.84. The van der Waals surface area contributed by atoms with E-state index in [1.165, 1.54) is 38.2 Å². The molecule has 1 fully saturated rings. The van der Waals surface area contributed by atoms with Gasteiger partial charge >= 0.3 is 0 Å². The summed E-state index contributed by atoms with van der Waals surface area (Å²) in [5.74, 6) is 0.684. The molecule has 5 rings (SSSR count). The van der Waals surface area contributed by atoms with Gasteiger partial charge in [-0.3, -0.25) is 4.72 Å². The molecule has 180 valence electrons. The molecule has 3 aromatic carbocycles. The van der Waals surface area contributed by atoms with Gasteiger partial charge in [0.05, 0.1) is 10.5 Å². The Morgan fingerprint density at radius 2 is 1.77 bits per heavy atom. The molecule has 35 heavy (non-hydrogen) atoms. The summed E-state index contributed by atoms with van der Waals surface area (Å²) >= 11 is 6.08. The lowest BCUT2D eigenvalue weighted by Gasteiger charge is -2.22. The molecule has 6 nitrogen and oxygen atoms in total. The van der Waals surface area contributed by atoms with Crippen molar-refractivity contribution in [1.29, 1.82) is 0 Å². The minimum Gasteiger partial charge on any atom is -0.351 e. The molecule has 0 aliphatic heterocycles. The highest BCUT2D eigenvalue weighted by molar-refractivity contribution is 7.92. The zero-order valence-corrected chi connectivity index (χ0v) is 21.0. The summed E-state index contributed by atoms with van der Waals surface area (Å²) in [4.78, 5) is 9.30. The van der Waals surface area contributed by atoms with E-state index < -0.39 is 10.0 Å². The fraction of sp³-hybridized carbons (Fsp3) is 0.259. The molecular weight excluding hydrogens is 480 g/mol. The highest BCUT2D eigenvalue weighted by atomic mass is 35.5. The van der Waals surface area contributed by atoms with E-state index in [1.54, 1.807) is 24.3 Å². The Labute approximate surface area is 210 Å². The van der Waals surface area contributed by atoms with E-state index in [-0.39, 0.29) is 9.92 Å². The Morgan fingerprint density at radius 1 is 0.971 bits per heavy atom. The highest BCUT2D eigenvalue weighted by Gasteiger charge is 2.18. The van der Waals surface area contributed by atoms with Crippen LogP contribution >= 0.6 is 11.6 Å². The first kappa shape index (κ1) is 23.6. The normalized spacial score (nSPS) is 14.7. The number of hydrogen-bond acceptors (Lipinski definition) is 5. The van der Waals surface area contributed by atoms with Crippen LogP contribution in [0.3, 0.4) is 0 Å². The van der Waals surface area contributed by atoms with Crippen LogP contribution in [-0.4, -0.2) is 24.4 Å². The minimum absolute atomic E-state index is 0.0512. The molecule has 1 aliphatic carbocycles. The molecule has 0 spiro atoms. The number of benzene rings is 3. The molecule has 1 heterocycles. The number of rotatable bonds is 6. The van der Waals surface area contributed by atoms with Gasteiger partial charge in [-0.1, -0.05) is 55.1 Å². The fourth-order valence-corrected chi connectivity index (χ4v) is 6.19. The van der Waals surface area contributed by atoms with Crippen LogP contribution in [0, 0.1) is 6.92 Å². The first-order valence-electron chi connectivity index (χ1n) is 11.8. The number of fused-ring (bicyclic) bond motifs is 1. The van der Waals surface area contributed by atoms with Crippen molar-refractivity contribution in [1.82, 2.24) is 9.97 Å². The van der Waals surface area contributed by atoms with E-state index in [1.807, 2.05) is 37.4 Å². The summed E-state index contributed by atoms with van der Waals surface area (Å²) in [6.45, 7) is 1.96. The second-order valence-electron chi connectivity index (χ2n) is 9.01. The third kappa shape index (κ3) is 5.26. The highest BCUT2D eigenvalue weighted by Crippen LogP contribution is 2.30. The summed E-state index contributed by atoms with van der Waals surface area (Å²) in [6.07, 6.45) is 8.03. The molecular formula is C27H27ClN4O2S. The number of sulfonamides is 1. The van der Waals surface area contributed by atoms with Crippen LogP contribution in [0.15, 0.2) is 71.8 Å². The van der Waals surface area contributed by atoms with Gasteiger partial charge in [0.2, 0.25) is 5.95 Å². The van der Waals surface area contributed by atoms with Gasteiger partial charge in [-0.05, 0) is 72.9 Å². The number of halogens is 1. The summed E-state index contributed by atoms with van der Waals surface area (Å²) in [7, 11) is -3.79. The van der Waals surface area contributed by atoms with Crippen molar-refractivity contribution in [2.24, 2.45) is 0 Å². The van der Waals surface area contributed by atoms with E-state index >= 15 is 0 Å². The number of nitrogens with one attached hydrogen (secondary N) is 2. The molecule has 4 aromatic rings. The number of nitrogens with zero attached hydrogens (tertiary/aromatic N) is 2. The number of aromatic nitrogens is 2. The second-order valence-corrected chi connectivity index (χ2v) is 11.1. The monoisotopic (exact) mass is 506 g/mol. The third-order valence-corrected chi connectivity index (χ3v) is 8.32. The topological polar surface area (TPSA) is 84.0 Å². The van der Waals surface area contributed by atoms with E-state index in [9.17, 15) is 8.42 Å². The van der Waals surface area contributed by atoms with Gasteiger partial charge < -0.3 is 5.32 Å². The quantitative estimate of drug-likeness (QED) is 0.300. The lowest BCUT2D eigenvalue weighted by Crippen LogP contribution is -2.23. The average molecular weight is 507 g/mol. The van der Waals surface area contributed by atoms with Gasteiger partial charge in [-0.25, -0.2) is 18.4 Å². The van der Waals surface area contributed by atoms with Crippen LogP contribution in [0.2, 0.25) is 5.02 Å². The SMILES string of the molecule is Cc1cc(NS(=O)(=O)c2ccccc2Cl)ccc1-c1ccc2nc(NC3CCCCC3)ncc2c1. The van der Waals surface area contributed by atoms with Crippen molar-refractivity contribution >= 4 is 44.2 Å². The molecule has 0 saturated heterocycles. The molecule has 1 saturated carbocycles. The summed E-state index contributed by atoms with van der Waals surface area (Å²) in [5.41, 5.74) is 4.35. The van der Waals surface area contributed by atoms with Crippen LogP contribution in [0.4, 0.5) is 11.6 Å². The summed E-state index contributed by atoms with van der Waals surface area (Å²) in [6, 6.07) is 18.4. The minimum atomic E-state index is -3.79. The standard InChI is InChI=1S/C27H27ClN4O2S/c1-18-15-22(32-35(33,34)26-10-6-5-9-24(26)28)12-13-23(18)19-11-14-25-20(16-19)17-29-27(31-25)30-21-7-3-2-4-8-21/h5-6,9-17,21,32H,2-4,7-8H2,1H3,(H,29,30,31). The van der Waals surface area contributed by atoms with Crippen molar-refractivity contribution in [3.05, 3.63) is 77.4 Å². The Hall–Kier alpha value is -3.16. The maximum absolute atomic E-state index is 12.8. The molecule has 0 atom stereocenters. The average Bonchev–Trinajstić information content (AvgIpc) is 2.84. The van der Waals surface area contributed by atoms with Crippen LogP contribution in [0.5, 0.6) is 0 Å².